The SMILES string of the molecule is CCC[C@@H](N(NC(=O)c1ccc2c(c1C)OCO2)C(=O)c1cc(C)cc(C)c1)C(C)(C)C. The van der Waals surface area contributed by atoms with Crippen molar-refractivity contribution in [2.45, 2.75) is 67.3 Å². The van der Waals surface area contributed by atoms with Gasteiger partial charge in [-0.25, -0.2) is 5.01 Å². The van der Waals surface area contributed by atoms with Crippen molar-refractivity contribution in [2.75, 3.05) is 6.79 Å². The number of benzene rings is 2. The van der Waals surface area contributed by atoms with Crippen LogP contribution in [0.3, 0.4) is 0 Å². The quantitative estimate of drug-likeness (QED) is 0.640. The van der Waals surface area contributed by atoms with Gasteiger partial charge < -0.3 is 9.47 Å². The molecule has 1 N–H and O–H groups in total. The molecule has 1 heterocycles. The molecule has 2 aromatic carbocycles. The van der Waals surface area contributed by atoms with E-state index in [1.807, 2.05) is 39.0 Å². The van der Waals surface area contributed by atoms with E-state index in [1.165, 1.54) is 5.01 Å². The topological polar surface area (TPSA) is 67.9 Å². The zero-order chi connectivity index (χ0) is 23.6. The van der Waals surface area contributed by atoms with E-state index < -0.39 is 0 Å². The lowest BCUT2D eigenvalue weighted by molar-refractivity contribution is 0.0270. The van der Waals surface area contributed by atoms with Gasteiger partial charge in [0.05, 0.1) is 6.04 Å². The number of amides is 2. The summed E-state index contributed by atoms with van der Waals surface area (Å²) in [4.78, 5) is 27.1. The minimum Gasteiger partial charge on any atom is -0.454 e. The zero-order valence-corrected chi connectivity index (χ0v) is 20.2. The normalized spacial score (nSPS) is 13.6. The Hall–Kier alpha value is -3.02. The molecule has 0 saturated carbocycles. The number of nitrogens with one attached hydrogen (secondary N) is 1. The molecule has 6 nitrogen and oxygen atoms in total. The average molecular weight is 439 g/mol. The Morgan fingerprint density at radius 3 is 2.31 bits per heavy atom. The smallest absolute Gasteiger partial charge is 0.272 e. The van der Waals surface area contributed by atoms with Gasteiger partial charge in [-0.05, 0) is 56.9 Å². The first-order valence-corrected chi connectivity index (χ1v) is 11.1. The van der Waals surface area contributed by atoms with Gasteiger partial charge in [-0.3, -0.25) is 15.0 Å². The number of fused-ring (bicyclic) bond motifs is 1. The highest BCUT2D eigenvalue weighted by Crippen LogP contribution is 2.37. The standard InChI is InChI=1S/C26H34N2O4/c1-8-9-22(26(5,6)7)28(25(30)19-13-16(2)12-17(3)14-19)27-24(29)20-10-11-21-23(18(20)4)32-15-31-21/h10-14,22H,8-9,15H2,1-7H3,(H,27,29)/t22-/m1/s1. The van der Waals surface area contributed by atoms with Crippen molar-refractivity contribution >= 4 is 11.8 Å². The second kappa shape index (κ2) is 9.23. The Bertz CT molecular complexity index is 1000. The van der Waals surface area contributed by atoms with E-state index in [0.29, 0.717) is 28.2 Å². The maximum atomic E-state index is 13.7. The van der Waals surface area contributed by atoms with E-state index >= 15 is 0 Å². The highest BCUT2D eigenvalue weighted by atomic mass is 16.7. The Morgan fingerprint density at radius 2 is 1.72 bits per heavy atom. The molecule has 0 aliphatic carbocycles. The Labute approximate surface area is 190 Å². The molecule has 2 aromatic rings. The summed E-state index contributed by atoms with van der Waals surface area (Å²) in [5.41, 5.74) is 6.44. The third-order valence-electron chi connectivity index (χ3n) is 5.81. The summed E-state index contributed by atoms with van der Waals surface area (Å²) >= 11 is 0. The van der Waals surface area contributed by atoms with Crippen LogP contribution in [0.15, 0.2) is 30.3 Å². The number of hydrazine groups is 1. The van der Waals surface area contributed by atoms with Gasteiger partial charge in [-0.1, -0.05) is 51.3 Å². The van der Waals surface area contributed by atoms with Crippen molar-refractivity contribution in [2.24, 2.45) is 5.41 Å². The van der Waals surface area contributed by atoms with E-state index in [9.17, 15) is 9.59 Å². The minimum atomic E-state index is -0.344. The highest BCUT2D eigenvalue weighted by Gasteiger charge is 2.35. The van der Waals surface area contributed by atoms with Crippen molar-refractivity contribution in [3.8, 4) is 11.5 Å². The minimum absolute atomic E-state index is 0.140. The largest absolute Gasteiger partial charge is 0.454 e. The first-order chi connectivity index (χ1) is 15.0. The molecular weight excluding hydrogens is 404 g/mol. The van der Waals surface area contributed by atoms with Gasteiger partial charge in [0.25, 0.3) is 11.8 Å². The molecule has 0 fully saturated rings. The molecule has 6 heteroatoms. The van der Waals surface area contributed by atoms with Crippen LogP contribution in [0.25, 0.3) is 0 Å². The first-order valence-electron chi connectivity index (χ1n) is 11.1. The molecule has 0 saturated heterocycles. The van der Waals surface area contributed by atoms with Gasteiger partial charge in [0.1, 0.15) is 0 Å². The molecule has 1 aliphatic heterocycles. The van der Waals surface area contributed by atoms with Crippen LogP contribution in [0.1, 0.15) is 77.9 Å². The summed E-state index contributed by atoms with van der Waals surface area (Å²) in [7, 11) is 0. The van der Waals surface area contributed by atoms with E-state index in [1.54, 1.807) is 12.1 Å². The molecule has 172 valence electrons. The lowest BCUT2D eigenvalue weighted by atomic mass is 9.83. The maximum Gasteiger partial charge on any atom is 0.272 e. The van der Waals surface area contributed by atoms with Crippen LogP contribution in [-0.4, -0.2) is 29.7 Å². The maximum absolute atomic E-state index is 13.7. The van der Waals surface area contributed by atoms with Gasteiger partial charge in [0.15, 0.2) is 11.5 Å². The second-order valence-electron chi connectivity index (χ2n) is 9.63. The average Bonchev–Trinajstić information content (AvgIpc) is 3.18. The van der Waals surface area contributed by atoms with Gasteiger partial charge in [0, 0.05) is 16.7 Å². The molecule has 0 unspecified atom stereocenters. The van der Waals surface area contributed by atoms with E-state index in [2.05, 4.69) is 33.1 Å². The number of nitrogens with zero attached hydrogens (tertiary/aromatic N) is 1. The predicted octanol–water partition coefficient (Wildman–Crippen LogP) is 5.34. The Balaban J connectivity index is 2.00. The summed E-state index contributed by atoms with van der Waals surface area (Å²) in [5.74, 6) is 0.646. The van der Waals surface area contributed by atoms with Crippen LogP contribution in [0.5, 0.6) is 11.5 Å². The van der Waals surface area contributed by atoms with E-state index in [4.69, 9.17) is 9.47 Å². The number of hydrogen-bond donors (Lipinski definition) is 1. The third kappa shape index (κ3) is 4.90. The van der Waals surface area contributed by atoms with Crippen molar-refractivity contribution in [3.05, 3.63) is 58.1 Å². The fraction of sp³-hybridized carbons (Fsp3) is 0.462. The highest BCUT2D eigenvalue weighted by molar-refractivity contribution is 6.00. The van der Waals surface area contributed by atoms with Gasteiger partial charge >= 0.3 is 0 Å². The Kier molecular flexibility index (Phi) is 6.82. The lowest BCUT2D eigenvalue weighted by Gasteiger charge is -2.40. The molecule has 32 heavy (non-hydrogen) atoms. The molecule has 1 atom stereocenters. The molecule has 0 radical (unpaired) electrons. The number of carbonyl (C=O) groups is 2. The van der Waals surface area contributed by atoms with Crippen LogP contribution in [-0.2, 0) is 0 Å². The number of hydrogen-bond acceptors (Lipinski definition) is 4. The van der Waals surface area contributed by atoms with Crippen LogP contribution in [0.4, 0.5) is 0 Å². The number of ether oxygens (including phenoxy) is 2. The molecular formula is C26H34N2O4. The van der Waals surface area contributed by atoms with Gasteiger partial charge in [-0.2, -0.15) is 0 Å². The lowest BCUT2D eigenvalue weighted by Crippen LogP contribution is -2.56. The summed E-state index contributed by atoms with van der Waals surface area (Å²) in [6, 6.07) is 9.03. The zero-order valence-electron chi connectivity index (χ0n) is 20.2. The van der Waals surface area contributed by atoms with Gasteiger partial charge in [-0.15, -0.1) is 0 Å². The number of carbonyl (C=O) groups excluding carboxylic acids is 2. The second-order valence-corrected chi connectivity index (χ2v) is 9.63. The fourth-order valence-electron chi connectivity index (χ4n) is 4.26. The monoisotopic (exact) mass is 438 g/mol. The van der Waals surface area contributed by atoms with Crippen LogP contribution < -0.4 is 14.9 Å². The fourth-order valence-corrected chi connectivity index (χ4v) is 4.26. The summed E-state index contributed by atoms with van der Waals surface area (Å²) < 4.78 is 10.9. The van der Waals surface area contributed by atoms with Crippen LogP contribution in [0.2, 0.25) is 0 Å². The molecule has 0 aromatic heterocycles. The summed E-state index contributed by atoms with van der Waals surface area (Å²) in [6.07, 6.45) is 1.65. The van der Waals surface area contributed by atoms with Crippen LogP contribution in [0, 0.1) is 26.2 Å². The molecule has 3 rings (SSSR count). The summed E-state index contributed by atoms with van der Waals surface area (Å²) in [6.45, 7) is 14.3. The van der Waals surface area contributed by atoms with E-state index in [-0.39, 0.29) is 30.1 Å². The predicted molar refractivity (Wildman–Crippen MR) is 125 cm³/mol. The van der Waals surface area contributed by atoms with E-state index in [0.717, 1.165) is 24.0 Å². The number of aryl methyl sites for hydroxylation is 2. The molecule has 0 spiro atoms. The third-order valence-corrected chi connectivity index (χ3v) is 5.81. The first kappa shape index (κ1) is 23.6. The Morgan fingerprint density at radius 1 is 1.06 bits per heavy atom. The van der Waals surface area contributed by atoms with Crippen molar-refractivity contribution in [1.29, 1.82) is 0 Å². The molecule has 0 bridgehead atoms. The van der Waals surface area contributed by atoms with Gasteiger partial charge in [0.2, 0.25) is 6.79 Å². The van der Waals surface area contributed by atoms with Crippen molar-refractivity contribution in [3.63, 3.8) is 0 Å². The molecule has 1 aliphatic rings. The number of rotatable bonds is 5. The van der Waals surface area contributed by atoms with Crippen molar-refractivity contribution < 1.29 is 19.1 Å². The molecule has 2 amide bonds. The summed E-state index contributed by atoms with van der Waals surface area (Å²) in [5, 5.41) is 1.53. The van der Waals surface area contributed by atoms with Crippen LogP contribution >= 0.6 is 0 Å². The van der Waals surface area contributed by atoms with Crippen molar-refractivity contribution in [1.82, 2.24) is 10.4 Å².